The van der Waals surface area contributed by atoms with Crippen LogP contribution in [0.1, 0.15) is 54.4 Å². The number of piperazine rings is 1. The van der Waals surface area contributed by atoms with Gasteiger partial charge in [-0.3, -0.25) is 0 Å². The minimum Gasteiger partial charge on any atom is -0.306 e. The van der Waals surface area contributed by atoms with Crippen LogP contribution in [0, 0.1) is 5.92 Å². The maximum Gasteiger partial charge on any atom is 0.0110 e. The van der Waals surface area contributed by atoms with Gasteiger partial charge >= 0.3 is 0 Å². The molecule has 2 heterocycles. The van der Waals surface area contributed by atoms with Gasteiger partial charge in [-0.15, -0.1) is 0 Å². The van der Waals surface area contributed by atoms with Gasteiger partial charge < -0.3 is 14.7 Å². The van der Waals surface area contributed by atoms with Crippen molar-refractivity contribution >= 4 is 0 Å². The zero-order valence-corrected chi connectivity index (χ0v) is 16.3. The number of rotatable bonds is 2. The summed E-state index contributed by atoms with van der Waals surface area (Å²) in [6.45, 7) is 21.0. The molecule has 2 saturated heterocycles. The molecule has 0 aromatic carbocycles. The van der Waals surface area contributed by atoms with Gasteiger partial charge in [0, 0.05) is 32.7 Å². The average molecular weight is 302 g/mol. The highest BCUT2D eigenvalue weighted by molar-refractivity contribution is 4.76. The minimum absolute atomic E-state index is 0.963. The summed E-state index contributed by atoms with van der Waals surface area (Å²) in [5.41, 5.74) is 0. The minimum atomic E-state index is 0.963. The molecular weight excluding hydrogens is 258 g/mol. The van der Waals surface area contributed by atoms with E-state index in [0.29, 0.717) is 0 Å². The first kappa shape index (κ1) is 23.2. The van der Waals surface area contributed by atoms with E-state index in [1.54, 1.807) is 0 Å². The zero-order valence-electron chi connectivity index (χ0n) is 16.3. The lowest BCUT2D eigenvalue weighted by Crippen LogP contribution is -2.47. The van der Waals surface area contributed by atoms with E-state index in [1.807, 2.05) is 41.5 Å². The first-order chi connectivity index (χ1) is 10.2. The van der Waals surface area contributed by atoms with Gasteiger partial charge in [0.15, 0.2) is 0 Å². The molecule has 0 atom stereocenters. The second kappa shape index (κ2) is 16.3. The lowest BCUT2D eigenvalue weighted by atomic mass is 9.96. The predicted molar refractivity (Wildman–Crippen MR) is 98.2 cm³/mol. The molecule has 0 unspecified atom stereocenters. The molecular formula is C18H43N3. The number of likely N-dealkylation sites (N-methyl/N-ethyl adjacent to an activating group) is 1. The highest BCUT2D eigenvalue weighted by atomic mass is 15.2. The molecule has 130 valence electrons. The third-order valence-corrected chi connectivity index (χ3v) is 3.95. The molecule has 0 N–H and O–H groups in total. The largest absolute Gasteiger partial charge is 0.306 e. The monoisotopic (exact) mass is 301 g/mol. The van der Waals surface area contributed by atoms with Gasteiger partial charge in [0.25, 0.3) is 0 Å². The van der Waals surface area contributed by atoms with Crippen LogP contribution in [0.15, 0.2) is 0 Å². The van der Waals surface area contributed by atoms with Crippen molar-refractivity contribution in [3.63, 3.8) is 0 Å². The molecule has 0 aromatic rings. The van der Waals surface area contributed by atoms with E-state index >= 15 is 0 Å². The Morgan fingerprint density at radius 3 is 1.43 bits per heavy atom. The Morgan fingerprint density at radius 2 is 1.00 bits per heavy atom. The molecule has 0 amide bonds. The fourth-order valence-corrected chi connectivity index (χ4v) is 2.64. The van der Waals surface area contributed by atoms with Crippen molar-refractivity contribution in [1.82, 2.24) is 14.7 Å². The van der Waals surface area contributed by atoms with Gasteiger partial charge in [-0.05, 0) is 45.9 Å². The Hall–Kier alpha value is -0.120. The lowest BCUT2D eigenvalue weighted by molar-refractivity contribution is 0.112. The number of nitrogens with zero attached hydrogens (tertiary/aromatic N) is 3. The van der Waals surface area contributed by atoms with Gasteiger partial charge in [0.2, 0.25) is 0 Å². The predicted octanol–water partition coefficient (Wildman–Crippen LogP) is 3.65. The second-order valence-corrected chi connectivity index (χ2v) is 5.35. The molecule has 2 aliphatic rings. The van der Waals surface area contributed by atoms with E-state index in [-0.39, 0.29) is 0 Å². The van der Waals surface area contributed by atoms with Crippen molar-refractivity contribution in [2.24, 2.45) is 5.92 Å². The van der Waals surface area contributed by atoms with Crippen LogP contribution >= 0.6 is 0 Å². The average Bonchev–Trinajstić information content (AvgIpc) is 2.57. The number of hydrogen-bond acceptors (Lipinski definition) is 3. The van der Waals surface area contributed by atoms with Crippen molar-refractivity contribution in [2.45, 2.75) is 54.4 Å². The molecule has 2 aliphatic heterocycles. The Labute approximate surface area is 135 Å². The summed E-state index contributed by atoms with van der Waals surface area (Å²) in [6, 6.07) is 0. The Morgan fingerprint density at radius 1 is 0.619 bits per heavy atom. The van der Waals surface area contributed by atoms with E-state index < -0.39 is 0 Å². The summed E-state index contributed by atoms with van der Waals surface area (Å²) in [5.74, 6) is 0.963. The van der Waals surface area contributed by atoms with E-state index in [4.69, 9.17) is 0 Å². The molecule has 0 aromatic heterocycles. The van der Waals surface area contributed by atoms with Crippen LogP contribution in [0.3, 0.4) is 0 Å². The van der Waals surface area contributed by atoms with E-state index in [0.717, 1.165) is 5.92 Å². The summed E-state index contributed by atoms with van der Waals surface area (Å²) in [6.07, 6.45) is 2.81. The van der Waals surface area contributed by atoms with Crippen LogP contribution in [-0.2, 0) is 0 Å². The van der Waals surface area contributed by atoms with Gasteiger partial charge in [-0.1, -0.05) is 41.5 Å². The molecule has 0 bridgehead atoms. The Bertz CT molecular complexity index is 161. The molecule has 2 rings (SSSR count). The van der Waals surface area contributed by atoms with Gasteiger partial charge in [0.1, 0.15) is 0 Å². The van der Waals surface area contributed by atoms with Gasteiger partial charge in [-0.2, -0.15) is 0 Å². The Kier molecular flexibility index (Phi) is 17.9. The number of likely N-dealkylation sites (tertiary alicyclic amines) is 1. The van der Waals surface area contributed by atoms with Crippen LogP contribution < -0.4 is 0 Å². The standard InChI is InChI=1S/C12H25N3.3C2H6/c1-13-5-3-12(4-6-13)11-15-9-7-14(2)8-10-15;3*1-2/h12H,3-11H2,1-2H3;3*1-2H3. The quantitative estimate of drug-likeness (QED) is 0.771. The van der Waals surface area contributed by atoms with Gasteiger partial charge in [-0.25, -0.2) is 0 Å². The molecule has 0 radical (unpaired) electrons. The van der Waals surface area contributed by atoms with Gasteiger partial charge in [0.05, 0.1) is 0 Å². The fourth-order valence-electron chi connectivity index (χ4n) is 2.64. The maximum absolute atomic E-state index is 2.66. The summed E-state index contributed by atoms with van der Waals surface area (Å²) in [4.78, 5) is 7.56. The highest BCUT2D eigenvalue weighted by Gasteiger charge is 2.21. The Balaban J connectivity index is 0. The third kappa shape index (κ3) is 11.1. The number of piperidine rings is 1. The molecule has 0 spiro atoms. The van der Waals surface area contributed by atoms with Crippen molar-refractivity contribution in [3.8, 4) is 0 Å². The van der Waals surface area contributed by atoms with Crippen LogP contribution in [0.5, 0.6) is 0 Å². The molecule has 3 nitrogen and oxygen atoms in total. The topological polar surface area (TPSA) is 9.72 Å². The smallest absolute Gasteiger partial charge is 0.0110 e. The SMILES string of the molecule is CC.CC.CC.CN1CCC(CN2CCN(C)CC2)CC1. The summed E-state index contributed by atoms with van der Waals surface area (Å²) >= 11 is 0. The van der Waals surface area contributed by atoms with Crippen LogP contribution in [0.2, 0.25) is 0 Å². The third-order valence-electron chi connectivity index (χ3n) is 3.95. The highest BCUT2D eigenvalue weighted by Crippen LogP contribution is 2.17. The first-order valence-electron chi connectivity index (χ1n) is 9.33. The number of hydrogen-bond donors (Lipinski definition) is 0. The summed E-state index contributed by atoms with van der Waals surface area (Å²) in [5, 5.41) is 0. The van der Waals surface area contributed by atoms with Crippen LogP contribution in [0.25, 0.3) is 0 Å². The van der Waals surface area contributed by atoms with Crippen molar-refractivity contribution in [1.29, 1.82) is 0 Å². The zero-order chi connectivity index (χ0) is 16.7. The maximum atomic E-state index is 2.66. The first-order valence-corrected chi connectivity index (χ1v) is 9.33. The summed E-state index contributed by atoms with van der Waals surface area (Å²) in [7, 11) is 4.47. The molecule has 0 saturated carbocycles. The van der Waals surface area contributed by atoms with Crippen molar-refractivity contribution in [3.05, 3.63) is 0 Å². The van der Waals surface area contributed by atoms with Crippen molar-refractivity contribution in [2.75, 3.05) is 59.9 Å². The molecule has 21 heavy (non-hydrogen) atoms. The normalized spacial score (nSPS) is 21.1. The van der Waals surface area contributed by atoms with E-state index in [2.05, 4.69) is 28.8 Å². The van der Waals surface area contributed by atoms with Crippen molar-refractivity contribution < 1.29 is 0 Å². The molecule has 0 aliphatic carbocycles. The fraction of sp³-hybridized carbons (Fsp3) is 1.00. The van der Waals surface area contributed by atoms with Crippen LogP contribution in [0.4, 0.5) is 0 Å². The van der Waals surface area contributed by atoms with Crippen LogP contribution in [-0.4, -0.2) is 74.6 Å². The molecule has 3 heteroatoms. The van der Waals surface area contributed by atoms with E-state index in [1.165, 1.54) is 58.7 Å². The lowest BCUT2D eigenvalue weighted by Gasteiger charge is -2.37. The molecule has 2 fully saturated rings. The second-order valence-electron chi connectivity index (χ2n) is 5.35. The van der Waals surface area contributed by atoms with E-state index in [9.17, 15) is 0 Å². The summed E-state index contributed by atoms with van der Waals surface area (Å²) < 4.78 is 0.